The highest BCUT2D eigenvalue weighted by molar-refractivity contribution is 5.92. The quantitative estimate of drug-likeness (QED) is 0.0288. The minimum absolute atomic E-state index is 0.0994. The van der Waals surface area contributed by atoms with E-state index in [1.54, 1.807) is 38.1 Å². The second-order valence-corrected chi connectivity index (χ2v) is 22.5. The Kier molecular flexibility index (Phi) is 39.8. The smallest absolute Gasteiger partial charge is 0.317 e. The molecule has 18 N–H and O–H groups in total. The second kappa shape index (κ2) is 45.4. The van der Waals surface area contributed by atoms with Crippen molar-refractivity contribution in [2.45, 2.75) is 77.3 Å². The highest BCUT2D eigenvalue weighted by Crippen LogP contribution is 2.12. The summed E-state index contributed by atoms with van der Waals surface area (Å²) in [7, 11) is 0. The van der Waals surface area contributed by atoms with Crippen molar-refractivity contribution >= 4 is 101 Å². The third-order valence-corrected chi connectivity index (χ3v) is 14.3. The lowest BCUT2D eigenvalue weighted by molar-refractivity contribution is -0.147. The average Bonchev–Trinajstić information content (AvgIpc) is 0.871. The molecule has 1 rings (SSSR count). The minimum atomic E-state index is -1.83. The van der Waals surface area contributed by atoms with E-state index in [1.807, 2.05) is 0 Å². The van der Waals surface area contributed by atoms with Crippen LogP contribution in [-0.4, -0.2) is 348 Å². The van der Waals surface area contributed by atoms with Gasteiger partial charge in [-0.3, -0.25) is 116 Å². The highest BCUT2D eigenvalue weighted by atomic mass is 16.4. The molecule has 0 aliphatic carbocycles. The van der Waals surface area contributed by atoms with Crippen molar-refractivity contribution in [2.75, 3.05) is 137 Å². The molecule has 0 saturated carbocycles. The summed E-state index contributed by atoms with van der Waals surface area (Å²) in [6.07, 6.45) is 0.0454. The summed E-state index contributed by atoms with van der Waals surface area (Å²) in [5.74, 6) is -21.4. The van der Waals surface area contributed by atoms with Gasteiger partial charge in [0, 0.05) is 91.9 Å². The first-order valence-electron chi connectivity index (χ1n) is 30.2. The molecule has 0 spiro atoms. The fourth-order valence-electron chi connectivity index (χ4n) is 9.54. The number of carboxylic acids is 10. The predicted molar refractivity (Wildman–Crippen MR) is 333 cm³/mol. The van der Waals surface area contributed by atoms with Gasteiger partial charge in [-0.2, -0.15) is 0 Å². The van der Waals surface area contributed by atoms with Crippen LogP contribution in [0.2, 0.25) is 0 Å². The number of benzene rings is 1. The summed E-state index contributed by atoms with van der Waals surface area (Å²) < 4.78 is 0. The topological polar surface area (TPSA) is 613 Å². The third-order valence-electron chi connectivity index (χ3n) is 14.3. The number of amides is 7. The van der Waals surface area contributed by atoms with Crippen molar-refractivity contribution in [3.05, 3.63) is 35.4 Å². The number of carboxylic acid groups (broad SMARTS) is 10. The Balaban J connectivity index is 3.75. The summed E-state index contributed by atoms with van der Waals surface area (Å²) in [6, 6.07) is 0.412. The Bertz CT molecular complexity index is 2760. The molecule has 0 bridgehead atoms. The molecule has 548 valence electrons. The molecular formula is C57H88N14O27. The van der Waals surface area contributed by atoms with Crippen LogP contribution in [-0.2, 0) is 94.6 Å². The van der Waals surface area contributed by atoms with Crippen LogP contribution < -0.4 is 37.6 Å². The lowest BCUT2D eigenvalue weighted by Gasteiger charge is -2.33. The number of hydrogen-bond donors (Lipinski definition) is 17. The average molecular weight is 1400 g/mol. The first-order valence-corrected chi connectivity index (χ1v) is 30.2. The van der Waals surface area contributed by atoms with E-state index in [-0.39, 0.29) is 44.9 Å². The molecule has 1 aromatic carbocycles. The first-order chi connectivity index (χ1) is 45.9. The van der Waals surface area contributed by atoms with Gasteiger partial charge in [0.15, 0.2) is 0 Å². The normalized spacial score (nSPS) is 12.8. The zero-order valence-corrected chi connectivity index (χ0v) is 54.2. The molecule has 41 nitrogen and oxygen atoms in total. The van der Waals surface area contributed by atoms with E-state index < -0.39 is 250 Å². The first kappa shape index (κ1) is 85.9. The van der Waals surface area contributed by atoms with Gasteiger partial charge in [-0.15, -0.1) is 0 Å². The SMILES string of the molecule is CCC(C)[C@H](NC(C)=O)C(=O)N[C@@H](CCC(N)=O)C(=O)NCc1ccc(CNC(=O)CN(CCNC(=O)[C@@H](CN(CCN(CC(=O)O)CC(=O)O)CC(=O)O)N(CC(=O)O)CC(=O)O)CCNC(=O)[C@@H](CN(CCN(CC(=O)O)CC(=O)O)CC(=O)O)N(CC(=O)O)CC(=O)O)cc1. The molecule has 98 heavy (non-hydrogen) atoms. The van der Waals surface area contributed by atoms with E-state index in [4.69, 9.17) is 5.73 Å². The lowest BCUT2D eigenvalue weighted by Crippen LogP contribution is -2.57. The largest absolute Gasteiger partial charge is 0.480 e. The third kappa shape index (κ3) is 38.5. The molecule has 0 fully saturated rings. The van der Waals surface area contributed by atoms with Crippen LogP contribution in [0, 0.1) is 5.92 Å². The predicted octanol–water partition coefficient (Wildman–Crippen LogP) is -7.85. The van der Waals surface area contributed by atoms with Gasteiger partial charge in [0.05, 0.1) is 72.0 Å². The Labute approximate surface area is 560 Å². The molecule has 5 atom stereocenters. The van der Waals surface area contributed by atoms with Crippen LogP contribution in [0.4, 0.5) is 0 Å². The van der Waals surface area contributed by atoms with Crippen molar-refractivity contribution in [1.29, 1.82) is 0 Å². The number of primary amides is 1. The number of hydrogen-bond acceptors (Lipinski definition) is 24. The summed E-state index contributed by atoms with van der Waals surface area (Å²) in [5, 5.41) is 111. The summed E-state index contributed by atoms with van der Waals surface area (Å²) >= 11 is 0. The minimum Gasteiger partial charge on any atom is -0.480 e. The number of rotatable bonds is 55. The number of aliphatic carboxylic acids is 10. The molecule has 0 radical (unpaired) electrons. The fourth-order valence-corrected chi connectivity index (χ4v) is 9.54. The zero-order valence-electron chi connectivity index (χ0n) is 54.2. The molecule has 1 unspecified atom stereocenters. The molecular weight excluding hydrogens is 1310 g/mol. The maximum atomic E-state index is 14.2. The molecule has 7 amide bonds. The van der Waals surface area contributed by atoms with Crippen LogP contribution >= 0.6 is 0 Å². The Hall–Kier alpha value is -10.1. The lowest BCUT2D eigenvalue weighted by atomic mass is 9.97. The van der Waals surface area contributed by atoms with Gasteiger partial charge in [-0.1, -0.05) is 44.5 Å². The van der Waals surface area contributed by atoms with Crippen LogP contribution in [0.15, 0.2) is 24.3 Å². The van der Waals surface area contributed by atoms with Crippen LogP contribution in [0.25, 0.3) is 0 Å². The van der Waals surface area contributed by atoms with Crippen LogP contribution in [0.3, 0.4) is 0 Å². The van der Waals surface area contributed by atoms with E-state index in [1.165, 1.54) is 11.8 Å². The van der Waals surface area contributed by atoms with Gasteiger partial charge < -0.3 is 88.7 Å². The summed E-state index contributed by atoms with van der Waals surface area (Å²) in [5.41, 5.74) is 6.33. The number of nitrogens with two attached hydrogens (primary N) is 1. The zero-order chi connectivity index (χ0) is 74.4. The van der Waals surface area contributed by atoms with Crippen molar-refractivity contribution in [3.8, 4) is 0 Å². The fraction of sp³-hybridized carbons (Fsp3) is 0.596. The molecule has 0 saturated heterocycles. The second-order valence-electron chi connectivity index (χ2n) is 22.5. The van der Waals surface area contributed by atoms with E-state index in [0.29, 0.717) is 27.3 Å². The van der Waals surface area contributed by atoms with E-state index in [9.17, 15) is 133 Å². The van der Waals surface area contributed by atoms with Gasteiger partial charge in [-0.25, -0.2) is 0 Å². The van der Waals surface area contributed by atoms with E-state index >= 15 is 0 Å². The van der Waals surface area contributed by atoms with E-state index in [2.05, 4.69) is 31.9 Å². The molecule has 0 aliphatic heterocycles. The van der Waals surface area contributed by atoms with E-state index in [0.717, 1.165) is 19.6 Å². The Morgan fingerprint density at radius 1 is 0.408 bits per heavy atom. The van der Waals surface area contributed by atoms with Gasteiger partial charge in [-0.05, 0) is 23.5 Å². The molecule has 0 heterocycles. The number of carbonyl (C=O) groups is 17. The van der Waals surface area contributed by atoms with Crippen molar-refractivity contribution in [2.24, 2.45) is 11.7 Å². The van der Waals surface area contributed by atoms with Crippen molar-refractivity contribution in [3.63, 3.8) is 0 Å². The number of carbonyl (C=O) groups excluding carboxylic acids is 7. The van der Waals surface area contributed by atoms with Gasteiger partial charge in [0.1, 0.15) is 24.2 Å². The number of nitrogens with zero attached hydrogens (tertiary/aromatic N) is 7. The van der Waals surface area contributed by atoms with Gasteiger partial charge in [0.25, 0.3) is 0 Å². The molecule has 41 heteroatoms. The maximum Gasteiger partial charge on any atom is 0.317 e. The Morgan fingerprint density at radius 3 is 1.07 bits per heavy atom. The van der Waals surface area contributed by atoms with Crippen LogP contribution in [0.5, 0.6) is 0 Å². The molecule has 0 aliphatic rings. The highest BCUT2D eigenvalue weighted by Gasteiger charge is 2.35. The monoisotopic (exact) mass is 1400 g/mol. The maximum absolute atomic E-state index is 14.2. The van der Waals surface area contributed by atoms with Gasteiger partial charge in [0.2, 0.25) is 41.4 Å². The van der Waals surface area contributed by atoms with Crippen molar-refractivity contribution in [1.82, 2.24) is 66.2 Å². The standard InChI is InChI=1S/C57H88N14O27/c1-4-34(2)53(63-35(3)72)57(98)64-38(9-10-41(58)73)54(95)62-20-37-7-5-36(6-8-37)19-61-42(74)23-65(13-11-59-55(96)39(70(30-49(87)88)31-50(89)90)21-66(24-43(75)76)15-17-68(26-45(79)80)27-46(81)82)14-12-60-56(97)40(71(32-51(91)92)33-52(93)94)22-67(25-44(77)78)16-18-69(28-47(83)84)29-48(85)86/h5-8,34,38-40,53H,4,9-33H2,1-3H3,(H2,58,73)(H,59,96)(H,60,97)(H,61,74)(H,62,95)(H,63,72)(H,64,98)(H,75,76)(H,77,78)(H,79,80)(H,81,82)(H,83,84)(H,85,86)(H,87,88)(H,89,90)(H,91,92)(H,93,94)/t34?,38-,39+,40+,53-/m0/s1. The van der Waals surface area contributed by atoms with Crippen LogP contribution in [0.1, 0.15) is 51.2 Å². The molecule has 1 aromatic rings. The molecule has 0 aromatic heterocycles. The number of nitrogens with one attached hydrogen (secondary N) is 6. The summed E-state index contributed by atoms with van der Waals surface area (Å²) in [6.45, 7) is -10.8. The van der Waals surface area contributed by atoms with Crippen molar-refractivity contribution < 1.29 is 133 Å². The van der Waals surface area contributed by atoms with Gasteiger partial charge >= 0.3 is 59.7 Å². The summed E-state index contributed by atoms with van der Waals surface area (Å²) in [4.78, 5) is 217. The Morgan fingerprint density at radius 2 is 0.745 bits per heavy atom.